The molecule has 1 heterocycles. The number of aryl methyl sites for hydroxylation is 3. The Morgan fingerprint density at radius 3 is 2.33 bits per heavy atom. The van der Waals surface area contributed by atoms with Gasteiger partial charge in [0.25, 0.3) is 11.8 Å². The normalized spacial score (nSPS) is 14.8. The molecule has 0 atom stereocenters. The number of anilines is 1. The fraction of sp³-hybridized carbons (Fsp3) is 0.179. The summed E-state index contributed by atoms with van der Waals surface area (Å²) in [6.45, 7) is 6.25. The number of rotatable bonds is 6. The van der Waals surface area contributed by atoms with Gasteiger partial charge in [0, 0.05) is 0 Å². The lowest BCUT2D eigenvalue weighted by molar-refractivity contribution is -0.122. The van der Waals surface area contributed by atoms with Crippen molar-refractivity contribution in [2.45, 2.75) is 27.4 Å². The van der Waals surface area contributed by atoms with Gasteiger partial charge < -0.3 is 9.47 Å². The van der Waals surface area contributed by atoms with Crippen LogP contribution in [0.2, 0.25) is 5.02 Å². The molecule has 1 saturated heterocycles. The van der Waals surface area contributed by atoms with Crippen molar-refractivity contribution in [1.82, 2.24) is 5.32 Å². The lowest BCUT2D eigenvalue weighted by atomic mass is 10.1. The van der Waals surface area contributed by atoms with Crippen LogP contribution < -0.4 is 19.7 Å². The number of hydrogen-bond donors (Lipinski definition) is 1. The van der Waals surface area contributed by atoms with E-state index in [1.54, 1.807) is 36.4 Å². The van der Waals surface area contributed by atoms with Crippen molar-refractivity contribution in [3.8, 4) is 11.5 Å². The van der Waals surface area contributed by atoms with Crippen molar-refractivity contribution in [1.29, 1.82) is 0 Å². The number of carbonyl (C=O) groups is 3. The molecule has 1 aliphatic heterocycles. The Labute approximate surface area is 214 Å². The molecule has 0 bridgehead atoms. The van der Waals surface area contributed by atoms with E-state index in [4.69, 9.17) is 21.1 Å². The Kier molecular flexibility index (Phi) is 7.12. The molecular formula is C28H25ClN2O5. The smallest absolute Gasteiger partial charge is 0.335 e. The van der Waals surface area contributed by atoms with E-state index in [0.717, 1.165) is 21.6 Å². The number of ether oxygens (including phenoxy) is 2. The number of nitrogens with one attached hydrogen (secondary N) is 1. The van der Waals surface area contributed by atoms with Crippen LogP contribution >= 0.6 is 11.6 Å². The van der Waals surface area contributed by atoms with E-state index in [1.165, 1.54) is 18.7 Å². The van der Waals surface area contributed by atoms with E-state index in [-0.39, 0.29) is 17.2 Å². The largest absolute Gasteiger partial charge is 0.493 e. The van der Waals surface area contributed by atoms with Crippen LogP contribution in [0.1, 0.15) is 27.8 Å². The van der Waals surface area contributed by atoms with Crippen LogP contribution in [0, 0.1) is 20.8 Å². The third-order valence-electron chi connectivity index (χ3n) is 5.91. The number of barbiturate groups is 1. The minimum atomic E-state index is -0.809. The van der Waals surface area contributed by atoms with Gasteiger partial charge in [-0.15, -0.1) is 0 Å². The number of benzene rings is 3. The monoisotopic (exact) mass is 504 g/mol. The summed E-state index contributed by atoms with van der Waals surface area (Å²) in [5, 5.41) is 2.46. The van der Waals surface area contributed by atoms with Gasteiger partial charge in [0.2, 0.25) is 0 Å². The number of hydrogen-bond acceptors (Lipinski definition) is 5. The first-order chi connectivity index (χ1) is 17.2. The van der Waals surface area contributed by atoms with Crippen LogP contribution in [0.3, 0.4) is 0 Å². The van der Waals surface area contributed by atoms with Gasteiger partial charge in [-0.25, -0.2) is 9.69 Å². The average Bonchev–Trinajstić information content (AvgIpc) is 2.84. The summed E-state index contributed by atoms with van der Waals surface area (Å²) in [4.78, 5) is 39.0. The van der Waals surface area contributed by atoms with Gasteiger partial charge in [-0.2, -0.15) is 0 Å². The number of imide groups is 2. The lowest BCUT2D eigenvalue weighted by Gasteiger charge is -2.26. The highest BCUT2D eigenvalue weighted by Crippen LogP contribution is 2.38. The molecule has 0 spiro atoms. The number of carbonyl (C=O) groups excluding carboxylic acids is 3. The predicted molar refractivity (Wildman–Crippen MR) is 138 cm³/mol. The Bertz CT molecular complexity index is 1400. The van der Waals surface area contributed by atoms with Gasteiger partial charge in [0.05, 0.1) is 17.8 Å². The Morgan fingerprint density at radius 1 is 0.944 bits per heavy atom. The van der Waals surface area contributed by atoms with E-state index >= 15 is 0 Å². The van der Waals surface area contributed by atoms with Crippen LogP contribution in [0.25, 0.3) is 6.08 Å². The van der Waals surface area contributed by atoms with Crippen molar-refractivity contribution >= 4 is 41.2 Å². The predicted octanol–water partition coefficient (Wildman–Crippen LogP) is 5.52. The zero-order chi connectivity index (χ0) is 26.0. The number of nitrogens with zero attached hydrogens (tertiary/aromatic N) is 1. The number of methoxy groups -OCH3 is 1. The molecule has 0 aliphatic carbocycles. The molecule has 36 heavy (non-hydrogen) atoms. The fourth-order valence-corrected chi connectivity index (χ4v) is 4.04. The van der Waals surface area contributed by atoms with Crippen LogP contribution in [0.4, 0.5) is 10.5 Å². The molecule has 7 nitrogen and oxygen atoms in total. The molecule has 8 heteroatoms. The van der Waals surface area contributed by atoms with Gasteiger partial charge in [0.15, 0.2) is 11.5 Å². The van der Waals surface area contributed by atoms with Gasteiger partial charge in [-0.1, -0.05) is 47.5 Å². The lowest BCUT2D eigenvalue weighted by Crippen LogP contribution is -2.54. The summed E-state index contributed by atoms with van der Waals surface area (Å²) in [5.74, 6) is -0.847. The molecule has 3 aromatic carbocycles. The molecule has 1 N–H and O–H groups in total. The first-order valence-corrected chi connectivity index (χ1v) is 11.6. The quantitative estimate of drug-likeness (QED) is 0.353. The maximum Gasteiger partial charge on any atom is 0.335 e. The summed E-state index contributed by atoms with van der Waals surface area (Å²) >= 11 is 6.50. The van der Waals surface area contributed by atoms with Crippen molar-refractivity contribution in [2.24, 2.45) is 0 Å². The van der Waals surface area contributed by atoms with Crippen LogP contribution in [0.5, 0.6) is 11.5 Å². The van der Waals surface area contributed by atoms with Gasteiger partial charge in [0.1, 0.15) is 12.2 Å². The van der Waals surface area contributed by atoms with Gasteiger partial charge in [-0.05, 0) is 73.4 Å². The third kappa shape index (κ3) is 5.11. The number of amides is 4. The number of halogens is 1. The van der Waals surface area contributed by atoms with Gasteiger partial charge >= 0.3 is 6.03 Å². The first-order valence-electron chi connectivity index (χ1n) is 11.2. The van der Waals surface area contributed by atoms with E-state index in [9.17, 15) is 14.4 Å². The Morgan fingerprint density at radius 2 is 1.67 bits per heavy atom. The summed E-state index contributed by atoms with van der Waals surface area (Å²) in [7, 11) is 1.47. The Hall–Kier alpha value is -4.10. The zero-order valence-corrected chi connectivity index (χ0v) is 21.1. The SMILES string of the molecule is COc1cc(/C=C2\C(=O)NC(=O)N(c3ccc(C)cc3)C2=O)cc(Cl)c1OCc1ccc(C)c(C)c1. The summed E-state index contributed by atoms with van der Waals surface area (Å²) in [6, 6.07) is 15.3. The van der Waals surface area contributed by atoms with Crippen molar-refractivity contribution in [3.63, 3.8) is 0 Å². The van der Waals surface area contributed by atoms with Crippen LogP contribution in [-0.4, -0.2) is 25.0 Å². The molecule has 4 rings (SSSR count). The van der Waals surface area contributed by atoms with Crippen molar-refractivity contribution < 1.29 is 23.9 Å². The van der Waals surface area contributed by atoms with E-state index < -0.39 is 17.8 Å². The average molecular weight is 505 g/mol. The van der Waals surface area contributed by atoms with E-state index in [2.05, 4.69) is 5.32 Å². The number of urea groups is 1. The molecule has 3 aromatic rings. The van der Waals surface area contributed by atoms with E-state index in [1.807, 2.05) is 39.0 Å². The highest BCUT2D eigenvalue weighted by atomic mass is 35.5. The maximum atomic E-state index is 13.1. The minimum Gasteiger partial charge on any atom is -0.493 e. The van der Waals surface area contributed by atoms with Crippen molar-refractivity contribution in [3.05, 3.63) is 93.0 Å². The summed E-state index contributed by atoms with van der Waals surface area (Å²) < 4.78 is 11.4. The molecule has 0 aromatic heterocycles. The zero-order valence-electron chi connectivity index (χ0n) is 20.3. The van der Waals surface area contributed by atoms with Gasteiger partial charge in [-0.3, -0.25) is 14.9 Å². The molecule has 4 amide bonds. The molecule has 0 saturated carbocycles. The van der Waals surface area contributed by atoms with Crippen molar-refractivity contribution in [2.75, 3.05) is 12.0 Å². The molecule has 0 radical (unpaired) electrons. The highest BCUT2D eigenvalue weighted by Gasteiger charge is 2.36. The summed E-state index contributed by atoms with van der Waals surface area (Å²) in [6.07, 6.45) is 1.37. The third-order valence-corrected chi connectivity index (χ3v) is 6.19. The highest BCUT2D eigenvalue weighted by molar-refractivity contribution is 6.39. The second-order valence-electron chi connectivity index (χ2n) is 8.53. The van der Waals surface area contributed by atoms with E-state index in [0.29, 0.717) is 22.7 Å². The first kappa shape index (κ1) is 25.0. The Balaban J connectivity index is 1.63. The summed E-state index contributed by atoms with van der Waals surface area (Å²) in [5.41, 5.74) is 4.88. The minimum absolute atomic E-state index is 0.211. The molecule has 0 unspecified atom stereocenters. The van der Waals surface area contributed by atoms with Crippen LogP contribution in [-0.2, 0) is 16.2 Å². The molecular weight excluding hydrogens is 480 g/mol. The maximum absolute atomic E-state index is 13.1. The molecule has 1 fully saturated rings. The molecule has 184 valence electrons. The second-order valence-corrected chi connectivity index (χ2v) is 8.94. The standard InChI is InChI=1S/C28H25ClN2O5/c1-16-5-9-21(10-6-16)31-27(33)22(26(32)30-28(31)34)12-20-13-23(29)25(24(14-20)35-4)36-15-19-8-7-17(2)18(3)11-19/h5-14H,15H2,1-4H3,(H,30,32,34)/b22-12+. The fourth-order valence-electron chi connectivity index (χ4n) is 3.76. The molecule has 1 aliphatic rings. The van der Waals surface area contributed by atoms with Crippen LogP contribution in [0.15, 0.2) is 60.2 Å². The topological polar surface area (TPSA) is 84.9 Å². The second kappa shape index (κ2) is 10.3.